The molecule has 0 spiro atoms. The maximum absolute atomic E-state index is 15.7. The van der Waals surface area contributed by atoms with Gasteiger partial charge in [0.15, 0.2) is 23.1 Å². The number of nitrogens with one attached hydrogen (secondary N) is 2. The van der Waals surface area contributed by atoms with Crippen LogP contribution in [0.4, 0.5) is 14.6 Å². The Morgan fingerprint density at radius 1 is 1.21 bits per heavy atom. The first kappa shape index (κ1) is 20.9. The number of hydrogen-bond donors (Lipinski definition) is 3. The summed E-state index contributed by atoms with van der Waals surface area (Å²) in [6.45, 7) is 0. The molecule has 9 nitrogen and oxygen atoms in total. The minimum Gasteiger partial charge on any atom is -0.481 e. The maximum atomic E-state index is 15.7. The molecule has 4 fully saturated rings. The third-order valence-corrected chi connectivity index (χ3v) is 7.59. The molecule has 0 unspecified atom stereocenters. The van der Waals surface area contributed by atoms with E-state index < -0.39 is 29.6 Å². The highest BCUT2D eigenvalue weighted by molar-refractivity contribution is 5.88. The average molecular weight is 465 g/mol. The number of aromatic amines is 1. The van der Waals surface area contributed by atoms with Gasteiger partial charge in [0.1, 0.15) is 11.5 Å². The molecule has 0 saturated heterocycles. The molecule has 4 atom stereocenters. The molecular weight excluding hydrogens is 444 g/mol. The summed E-state index contributed by atoms with van der Waals surface area (Å²) in [5.74, 6) is -3.36. The standard InChI is InChI=1S/C23H21F2N7O2/c24-12-6-14-19(31-32-20(14)27-8-12)22-29-18(13-5-11(13)7-26)16(25)21(30-22)28-17-10-3-1-9(2-4-10)15(17)23(33)34/h6,8-11,13,15,17H,1-5H2,(H,33,34)(H,27,31,32)(H,28,29,30)/t9?,10?,11-,13+,15-,17-/m0/s1. The molecule has 0 amide bonds. The van der Waals surface area contributed by atoms with Gasteiger partial charge in [-0.1, -0.05) is 0 Å². The number of rotatable bonds is 5. The first-order chi connectivity index (χ1) is 16.4. The number of anilines is 1. The zero-order chi connectivity index (χ0) is 23.6. The minimum atomic E-state index is -0.894. The van der Waals surface area contributed by atoms with Gasteiger partial charge in [0.25, 0.3) is 0 Å². The molecular formula is C23H21F2N7O2. The lowest BCUT2D eigenvalue weighted by Gasteiger charge is -2.47. The molecule has 3 N–H and O–H groups in total. The zero-order valence-corrected chi connectivity index (χ0v) is 18.0. The predicted molar refractivity (Wildman–Crippen MR) is 115 cm³/mol. The molecule has 2 bridgehead atoms. The van der Waals surface area contributed by atoms with Crippen LogP contribution in [0.15, 0.2) is 12.3 Å². The van der Waals surface area contributed by atoms with Crippen LogP contribution in [0.5, 0.6) is 0 Å². The van der Waals surface area contributed by atoms with E-state index in [1.165, 1.54) is 6.07 Å². The van der Waals surface area contributed by atoms with Crippen LogP contribution >= 0.6 is 0 Å². The largest absolute Gasteiger partial charge is 0.481 e. The molecule has 3 aromatic heterocycles. The van der Waals surface area contributed by atoms with Crippen molar-refractivity contribution in [2.24, 2.45) is 23.7 Å². The molecule has 34 heavy (non-hydrogen) atoms. The van der Waals surface area contributed by atoms with Gasteiger partial charge in [-0.05, 0) is 50.0 Å². The van der Waals surface area contributed by atoms with E-state index in [2.05, 4.69) is 36.5 Å². The lowest BCUT2D eigenvalue weighted by Crippen LogP contribution is -2.51. The van der Waals surface area contributed by atoms with E-state index in [9.17, 15) is 19.6 Å². The van der Waals surface area contributed by atoms with Gasteiger partial charge in [0, 0.05) is 12.0 Å². The first-order valence-electron chi connectivity index (χ1n) is 11.4. The van der Waals surface area contributed by atoms with Crippen molar-refractivity contribution in [1.82, 2.24) is 25.1 Å². The van der Waals surface area contributed by atoms with E-state index in [4.69, 9.17) is 0 Å². The fourth-order valence-electron chi connectivity index (χ4n) is 5.77. The van der Waals surface area contributed by atoms with Gasteiger partial charge in [-0.15, -0.1) is 0 Å². The van der Waals surface area contributed by atoms with Crippen LogP contribution in [0.25, 0.3) is 22.6 Å². The van der Waals surface area contributed by atoms with E-state index >= 15 is 4.39 Å². The second kappa shape index (κ2) is 7.68. The van der Waals surface area contributed by atoms with Crippen LogP contribution < -0.4 is 5.32 Å². The predicted octanol–water partition coefficient (Wildman–Crippen LogP) is 3.62. The normalized spacial score (nSPS) is 29.7. The number of pyridine rings is 1. The van der Waals surface area contributed by atoms with Crippen molar-refractivity contribution >= 4 is 22.8 Å². The Bertz CT molecular complexity index is 1350. The van der Waals surface area contributed by atoms with Crippen LogP contribution in [-0.4, -0.2) is 42.3 Å². The van der Waals surface area contributed by atoms with Gasteiger partial charge < -0.3 is 10.4 Å². The van der Waals surface area contributed by atoms with E-state index in [0.29, 0.717) is 11.8 Å². The quantitative estimate of drug-likeness (QED) is 0.519. The maximum Gasteiger partial charge on any atom is 0.308 e. The summed E-state index contributed by atoms with van der Waals surface area (Å²) in [6.07, 6.45) is 5.00. The highest BCUT2D eigenvalue weighted by Crippen LogP contribution is 2.49. The van der Waals surface area contributed by atoms with Gasteiger partial charge in [-0.25, -0.2) is 23.7 Å². The van der Waals surface area contributed by atoms with E-state index in [0.717, 1.165) is 31.9 Å². The Kier molecular flexibility index (Phi) is 4.72. The molecule has 4 aliphatic carbocycles. The number of carboxylic acid groups (broad SMARTS) is 1. The fraction of sp³-hybridized carbons (Fsp3) is 0.478. The molecule has 3 aromatic rings. The summed E-state index contributed by atoms with van der Waals surface area (Å²) in [6, 6.07) is 2.93. The molecule has 0 radical (unpaired) electrons. The topological polar surface area (TPSA) is 140 Å². The molecule has 11 heteroatoms. The lowest BCUT2D eigenvalue weighted by molar-refractivity contribution is -0.148. The first-order valence-corrected chi connectivity index (χ1v) is 11.4. The number of halogens is 2. The molecule has 0 aromatic carbocycles. The van der Waals surface area contributed by atoms with Crippen molar-refractivity contribution in [3.8, 4) is 17.6 Å². The smallest absolute Gasteiger partial charge is 0.308 e. The van der Waals surface area contributed by atoms with E-state index in [1.54, 1.807) is 0 Å². The van der Waals surface area contributed by atoms with Crippen LogP contribution in [0.3, 0.4) is 0 Å². The number of nitrogens with zero attached hydrogens (tertiary/aromatic N) is 5. The number of hydrogen-bond acceptors (Lipinski definition) is 7. The third kappa shape index (κ3) is 3.28. The van der Waals surface area contributed by atoms with Gasteiger partial charge in [0.2, 0.25) is 0 Å². The zero-order valence-electron chi connectivity index (χ0n) is 18.0. The SMILES string of the molecule is N#C[C@@H]1C[C@H]1c1nc(-c2[nH]nc3ncc(F)cc23)nc(N[C@H]2C3CCC(CC3)[C@@H]2C(=O)O)c1F. The Morgan fingerprint density at radius 3 is 2.68 bits per heavy atom. The molecule has 7 rings (SSSR count). The van der Waals surface area contributed by atoms with Crippen LogP contribution in [0, 0.1) is 46.6 Å². The van der Waals surface area contributed by atoms with Crippen molar-refractivity contribution < 1.29 is 18.7 Å². The number of fused-ring (bicyclic) bond motifs is 4. The van der Waals surface area contributed by atoms with Crippen molar-refractivity contribution in [3.63, 3.8) is 0 Å². The van der Waals surface area contributed by atoms with Crippen molar-refractivity contribution in [3.05, 3.63) is 29.6 Å². The lowest BCUT2D eigenvalue weighted by atomic mass is 9.61. The molecule has 174 valence electrons. The Balaban J connectivity index is 1.46. The number of carboxylic acids is 1. The van der Waals surface area contributed by atoms with Gasteiger partial charge in [0.05, 0.1) is 35.2 Å². The Labute approximate surface area is 192 Å². The highest BCUT2D eigenvalue weighted by Gasteiger charge is 2.48. The van der Waals surface area contributed by atoms with Gasteiger partial charge in [-0.3, -0.25) is 9.89 Å². The number of carbonyl (C=O) groups is 1. The monoisotopic (exact) mass is 465 g/mol. The Hall–Kier alpha value is -3.68. The molecule has 4 aliphatic rings. The van der Waals surface area contributed by atoms with Crippen molar-refractivity contribution in [1.29, 1.82) is 5.26 Å². The number of H-pyrrole nitrogens is 1. The summed E-state index contributed by atoms with van der Waals surface area (Å²) in [7, 11) is 0. The Morgan fingerprint density at radius 2 is 1.97 bits per heavy atom. The van der Waals surface area contributed by atoms with Gasteiger partial charge >= 0.3 is 5.97 Å². The number of aliphatic carboxylic acids is 1. The number of nitriles is 1. The van der Waals surface area contributed by atoms with Gasteiger partial charge in [-0.2, -0.15) is 10.4 Å². The average Bonchev–Trinajstić information content (AvgIpc) is 3.51. The molecule has 4 saturated carbocycles. The van der Waals surface area contributed by atoms with Crippen molar-refractivity contribution in [2.45, 2.75) is 44.1 Å². The minimum absolute atomic E-state index is 0.0424. The van der Waals surface area contributed by atoms with Crippen LogP contribution in [-0.2, 0) is 4.79 Å². The fourth-order valence-corrected chi connectivity index (χ4v) is 5.77. The van der Waals surface area contributed by atoms with Crippen LogP contribution in [0.2, 0.25) is 0 Å². The summed E-state index contributed by atoms with van der Waals surface area (Å²) < 4.78 is 29.5. The summed E-state index contributed by atoms with van der Waals surface area (Å²) in [5, 5.41) is 29.5. The number of aromatic nitrogens is 5. The van der Waals surface area contributed by atoms with E-state index in [1.807, 2.05) is 0 Å². The van der Waals surface area contributed by atoms with Crippen molar-refractivity contribution in [2.75, 3.05) is 5.32 Å². The molecule has 0 aliphatic heterocycles. The van der Waals surface area contributed by atoms with E-state index in [-0.39, 0.29) is 52.3 Å². The summed E-state index contributed by atoms with van der Waals surface area (Å²) >= 11 is 0. The summed E-state index contributed by atoms with van der Waals surface area (Å²) in [4.78, 5) is 24.8. The second-order valence-corrected chi connectivity index (χ2v) is 9.51. The molecule has 3 heterocycles. The third-order valence-electron chi connectivity index (χ3n) is 7.59. The summed E-state index contributed by atoms with van der Waals surface area (Å²) in [5.41, 5.74) is 0.636. The van der Waals surface area contributed by atoms with Crippen LogP contribution in [0.1, 0.15) is 43.7 Å². The second-order valence-electron chi connectivity index (χ2n) is 9.51. The highest BCUT2D eigenvalue weighted by atomic mass is 19.1.